The Hall–Kier alpha value is -2.62. The molecule has 2 heterocycles. The predicted molar refractivity (Wildman–Crippen MR) is 107 cm³/mol. The van der Waals surface area contributed by atoms with Gasteiger partial charge in [-0.3, -0.25) is 0 Å². The van der Waals surface area contributed by atoms with Gasteiger partial charge in [-0.25, -0.2) is 0 Å². The van der Waals surface area contributed by atoms with Crippen LogP contribution in [0.25, 0.3) is 11.8 Å². The summed E-state index contributed by atoms with van der Waals surface area (Å²) in [6.45, 7) is 11.6. The van der Waals surface area contributed by atoms with Crippen LogP contribution >= 0.6 is 0 Å². The highest BCUT2D eigenvalue weighted by Crippen LogP contribution is 2.41. The van der Waals surface area contributed by atoms with Gasteiger partial charge in [0.05, 0.1) is 0 Å². The molecule has 0 aliphatic carbocycles. The summed E-state index contributed by atoms with van der Waals surface area (Å²) in [7, 11) is 0. The molecule has 0 amide bonds. The Balaban J connectivity index is 0.000000570. The van der Waals surface area contributed by atoms with E-state index in [1.54, 1.807) is 18.2 Å². The largest absolute Gasteiger partial charge is 0.508 e. The van der Waals surface area contributed by atoms with Crippen LogP contribution in [0.1, 0.15) is 55.5 Å². The third-order valence-corrected chi connectivity index (χ3v) is 4.72. The Labute approximate surface area is 156 Å². The van der Waals surface area contributed by atoms with Crippen LogP contribution in [0.15, 0.2) is 24.3 Å². The van der Waals surface area contributed by atoms with Crippen LogP contribution in [0, 0.1) is 6.92 Å². The number of hydrogen-bond acceptors (Lipinski definition) is 4. The summed E-state index contributed by atoms with van der Waals surface area (Å²) in [6.07, 6.45) is 2.92. The van der Waals surface area contributed by atoms with Crippen molar-refractivity contribution in [3.05, 3.63) is 52.1 Å². The van der Waals surface area contributed by atoms with Gasteiger partial charge in [-0.15, -0.1) is 0 Å². The van der Waals surface area contributed by atoms with E-state index >= 15 is 0 Å². The number of hydrogen-bond donors (Lipinski definition) is 3. The van der Waals surface area contributed by atoms with E-state index in [1.165, 1.54) is 0 Å². The molecule has 0 spiro atoms. The van der Waals surface area contributed by atoms with E-state index in [-0.39, 0.29) is 11.5 Å². The Morgan fingerprint density at radius 3 is 2.23 bits per heavy atom. The molecule has 2 aliphatic heterocycles. The average Bonchev–Trinajstić information content (AvgIpc) is 2.68. The van der Waals surface area contributed by atoms with Crippen molar-refractivity contribution in [2.45, 2.75) is 47.6 Å². The maximum atomic E-state index is 9.90. The van der Waals surface area contributed by atoms with Crippen LogP contribution in [0.2, 0.25) is 0 Å². The SMILES string of the molecule is CC.CC.Cc1c(O)ccc2c1CN1CCc3cc(O)c(O)cc3C1=C2. The molecule has 2 aromatic rings. The van der Waals surface area contributed by atoms with Crippen molar-refractivity contribution in [3.63, 3.8) is 0 Å². The summed E-state index contributed by atoms with van der Waals surface area (Å²) in [5.74, 6) is 0.175. The van der Waals surface area contributed by atoms with E-state index in [9.17, 15) is 15.3 Å². The van der Waals surface area contributed by atoms with Crippen LogP contribution in [0.4, 0.5) is 0 Å². The molecular formula is C22H29NO3. The lowest BCUT2D eigenvalue weighted by Gasteiger charge is -2.37. The molecule has 26 heavy (non-hydrogen) atoms. The van der Waals surface area contributed by atoms with E-state index in [0.717, 1.165) is 53.0 Å². The molecule has 0 aromatic heterocycles. The Bertz CT molecular complexity index is 825. The van der Waals surface area contributed by atoms with Gasteiger partial charge in [0.2, 0.25) is 0 Å². The minimum Gasteiger partial charge on any atom is -0.508 e. The number of rotatable bonds is 0. The first-order valence-corrected chi connectivity index (χ1v) is 9.38. The summed E-state index contributed by atoms with van der Waals surface area (Å²) in [5.41, 5.74) is 6.26. The zero-order valence-electron chi connectivity index (χ0n) is 16.3. The fourth-order valence-electron chi connectivity index (χ4n) is 3.39. The highest BCUT2D eigenvalue weighted by Gasteiger charge is 2.27. The highest BCUT2D eigenvalue weighted by molar-refractivity contribution is 5.86. The molecule has 0 saturated carbocycles. The van der Waals surface area contributed by atoms with Gasteiger partial charge in [-0.1, -0.05) is 33.8 Å². The average molecular weight is 355 g/mol. The zero-order chi connectivity index (χ0) is 19.4. The van der Waals surface area contributed by atoms with Gasteiger partial charge in [0.15, 0.2) is 11.5 Å². The molecule has 0 radical (unpaired) electrons. The molecule has 4 heteroatoms. The summed E-state index contributed by atoms with van der Waals surface area (Å²) in [5, 5.41) is 29.4. The molecule has 140 valence electrons. The van der Waals surface area contributed by atoms with E-state index in [1.807, 2.05) is 40.7 Å². The van der Waals surface area contributed by atoms with Gasteiger partial charge in [-0.2, -0.15) is 0 Å². The number of aromatic hydroxyl groups is 3. The van der Waals surface area contributed by atoms with Gasteiger partial charge in [0.1, 0.15) is 5.75 Å². The van der Waals surface area contributed by atoms with E-state index in [2.05, 4.69) is 11.0 Å². The van der Waals surface area contributed by atoms with Crippen LogP contribution in [-0.4, -0.2) is 26.8 Å². The maximum absolute atomic E-state index is 9.90. The number of phenolic OH excluding ortho intramolecular Hbond substituents is 3. The second-order valence-electron chi connectivity index (χ2n) is 5.98. The van der Waals surface area contributed by atoms with Crippen LogP contribution < -0.4 is 0 Å². The lowest BCUT2D eigenvalue weighted by atomic mass is 9.89. The van der Waals surface area contributed by atoms with Crippen molar-refractivity contribution in [1.29, 1.82) is 0 Å². The fourth-order valence-corrected chi connectivity index (χ4v) is 3.39. The number of fused-ring (bicyclic) bond motifs is 4. The van der Waals surface area contributed by atoms with E-state index in [0.29, 0.717) is 5.75 Å². The smallest absolute Gasteiger partial charge is 0.158 e. The van der Waals surface area contributed by atoms with Gasteiger partial charge < -0.3 is 20.2 Å². The molecule has 2 aromatic carbocycles. The number of benzene rings is 2. The molecule has 0 atom stereocenters. The number of nitrogens with zero attached hydrogens (tertiary/aromatic N) is 1. The number of phenols is 3. The monoisotopic (exact) mass is 355 g/mol. The molecular weight excluding hydrogens is 326 g/mol. The fraction of sp³-hybridized carbons (Fsp3) is 0.364. The summed E-state index contributed by atoms with van der Waals surface area (Å²) in [4.78, 5) is 2.26. The maximum Gasteiger partial charge on any atom is 0.158 e. The minimum atomic E-state index is -0.0887. The van der Waals surface area contributed by atoms with Gasteiger partial charge in [0, 0.05) is 24.4 Å². The molecule has 4 nitrogen and oxygen atoms in total. The second kappa shape index (κ2) is 8.17. The van der Waals surface area contributed by atoms with Crippen molar-refractivity contribution >= 4 is 11.8 Å². The lowest BCUT2D eigenvalue weighted by Crippen LogP contribution is -2.31. The van der Waals surface area contributed by atoms with Gasteiger partial charge in [0.25, 0.3) is 0 Å². The zero-order valence-corrected chi connectivity index (χ0v) is 16.3. The van der Waals surface area contributed by atoms with Crippen molar-refractivity contribution in [1.82, 2.24) is 4.90 Å². The first kappa shape index (κ1) is 19.7. The third-order valence-electron chi connectivity index (χ3n) is 4.72. The predicted octanol–water partition coefficient (Wildman–Crippen LogP) is 5.03. The standard InChI is InChI=1S/C18H17NO3.2C2H6/c1-10-14-9-19-5-4-12-7-17(21)18(22)8-13(12)15(19)6-11(14)2-3-16(10)20;2*1-2/h2-3,6-8,20-22H,4-5,9H2,1H3;2*1-2H3. The molecule has 0 fully saturated rings. The van der Waals surface area contributed by atoms with Crippen molar-refractivity contribution in [2.24, 2.45) is 0 Å². The first-order chi connectivity index (χ1) is 12.5. The first-order valence-electron chi connectivity index (χ1n) is 9.38. The summed E-state index contributed by atoms with van der Waals surface area (Å²) >= 11 is 0. The van der Waals surface area contributed by atoms with Crippen LogP contribution in [0.5, 0.6) is 17.2 Å². The van der Waals surface area contributed by atoms with Crippen LogP contribution in [-0.2, 0) is 13.0 Å². The molecule has 2 aliphatic rings. The Kier molecular flexibility index (Phi) is 6.19. The summed E-state index contributed by atoms with van der Waals surface area (Å²) < 4.78 is 0. The summed E-state index contributed by atoms with van der Waals surface area (Å²) in [6, 6.07) is 6.94. The van der Waals surface area contributed by atoms with Crippen LogP contribution in [0.3, 0.4) is 0 Å². The quantitative estimate of drug-likeness (QED) is 0.580. The van der Waals surface area contributed by atoms with E-state index < -0.39 is 0 Å². The van der Waals surface area contributed by atoms with Gasteiger partial charge in [-0.05, 0) is 59.9 Å². The van der Waals surface area contributed by atoms with Crippen molar-refractivity contribution in [3.8, 4) is 17.2 Å². The normalized spacial score (nSPS) is 13.7. The topological polar surface area (TPSA) is 63.9 Å². The molecule has 3 N–H and O–H groups in total. The van der Waals surface area contributed by atoms with Crippen molar-refractivity contribution in [2.75, 3.05) is 6.54 Å². The minimum absolute atomic E-state index is 0.0650. The third kappa shape index (κ3) is 3.36. The Morgan fingerprint density at radius 2 is 1.54 bits per heavy atom. The highest BCUT2D eigenvalue weighted by atomic mass is 16.3. The molecule has 4 rings (SSSR count). The lowest BCUT2D eigenvalue weighted by molar-refractivity contribution is 0.373. The second-order valence-corrected chi connectivity index (χ2v) is 5.98. The van der Waals surface area contributed by atoms with Gasteiger partial charge >= 0.3 is 0 Å². The van der Waals surface area contributed by atoms with E-state index in [4.69, 9.17) is 0 Å². The molecule has 0 saturated heterocycles. The molecule has 0 bridgehead atoms. The van der Waals surface area contributed by atoms with Crippen molar-refractivity contribution < 1.29 is 15.3 Å². The Morgan fingerprint density at radius 1 is 0.885 bits per heavy atom. The molecule has 0 unspecified atom stereocenters.